The van der Waals surface area contributed by atoms with Crippen LogP contribution in [0.1, 0.15) is 5.56 Å². The minimum atomic E-state index is 0.703. The van der Waals surface area contributed by atoms with Crippen molar-refractivity contribution in [3.05, 3.63) is 47.3 Å². The average molecular weight is 269 g/mol. The van der Waals surface area contributed by atoms with Gasteiger partial charge in [0, 0.05) is 7.05 Å². The summed E-state index contributed by atoms with van der Waals surface area (Å²) in [4.78, 5) is 1.19. The van der Waals surface area contributed by atoms with Crippen LogP contribution in [0.4, 0.5) is 5.82 Å². The van der Waals surface area contributed by atoms with Crippen LogP contribution < -0.4 is 5.73 Å². The van der Waals surface area contributed by atoms with E-state index in [1.807, 2.05) is 25.2 Å². The van der Waals surface area contributed by atoms with Gasteiger partial charge in [-0.2, -0.15) is 5.10 Å². The zero-order valence-corrected chi connectivity index (χ0v) is 11.7. The molecule has 2 heterocycles. The van der Waals surface area contributed by atoms with Crippen molar-refractivity contribution in [2.24, 2.45) is 7.05 Å². The molecule has 0 spiro atoms. The van der Waals surface area contributed by atoms with E-state index < -0.39 is 0 Å². The zero-order chi connectivity index (χ0) is 13.4. The van der Waals surface area contributed by atoms with Gasteiger partial charge in [0.1, 0.15) is 11.5 Å². The van der Waals surface area contributed by atoms with Crippen LogP contribution >= 0.6 is 11.3 Å². The van der Waals surface area contributed by atoms with E-state index in [2.05, 4.69) is 35.6 Å². The molecule has 4 heteroatoms. The summed E-state index contributed by atoms with van der Waals surface area (Å²) in [5, 5.41) is 6.68. The van der Waals surface area contributed by atoms with E-state index in [0.717, 1.165) is 16.8 Å². The standard InChI is InChI=1S/C15H15N3S/c1-10-8-9-19-14(10)13-12(15(16)18(2)17-13)11-6-4-3-5-7-11/h3-9H,16H2,1-2H3. The summed E-state index contributed by atoms with van der Waals surface area (Å²) >= 11 is 1.70. The second-order valence-corrected chi connectivity index (χ2v) is 5.45. The summed E-state index contributed by atoms with van der Waals surface area (Å²) in [5.41, 5.74) is 10.5. The molecule has 0 bridgehead atoms. The Morgan fingerprint density at radius 3 is 2.53 bits per heavy atom. The van der Waals surface area contributed by atoms with Crippen LogP contribution in [0.2, 0.25) is 0 Å². The van der Waals surface area contributed by atoms with Crippen LogP contribution in [0, 0.1) is 6.92 Å². The molecule has 0 fully saturated rings. The number of anilines is 1. The smallest absolute Gasteiger partial charge is 0.129 e. The number of thiophene rings is 1. The molecule has 2 N–H and O–H groups in total. The highest BCUT2D eigenvalue weighted by molar-refractivity contribution is 7.13. The van der Waals surface area contributed by atoms with Crippen molar-refractivity contribution in [2.75, 3.05) is 5.73 Å². The van der Waals surface area contributed by atoms with E-state index in [4.69, 9.17) is 5.73 Å². The van der Waals surface area contributed by atoms with Crippen LogP contribution in [0.3, 0.4) is 0 Å². The Balaban J connectivity index is 2.28. The number of nitrogen functional groups attached to an aromatic ring is 1. The van der Waals surface area contributed by atoms with Gasteiger partial charge in [0.2, 0.25) is 0 Å². The largest absolute Gasteiger partial charge is 0.383 e. The van der Waals surface area contributed by atoms with Crippen LogP contribution in [0.15, 0.2) is 41.8 Å². The maximum absolute atomic E-state index is 6.20. The van der Waals surface area contributed by atoms with Gasteiger partial charge in [-0.3, -0.25) is 4.68 Å². The molecule has 19 heavy (non-hydrogen) atoms. The summed E-state index contributed by atoms with van der Waals surface area (Å²) in [6, 6.07) is 12.3. The Bertz CT molecular complexity index is 710. The number of aromatic nitrogens is 2. The van der Waals surface area contributed by atoms with E-state index in [1.54, 1.807) is 16.0 Å². The molecular formula is C15H15N3S. The summed E-state index contributed by atoms with van der Waals surface area (Å²) < 4.78 is 1.75. The molecule has 96 valence electrons. The first-order valence-electron chi connectivity index (χ1n) is 6.11. The van der Waals surface area contributed by atoms with Crippen molar-refractivity contribution in [2.45, 2.75) is 6.92 Å². The summed E-state index contributed by atoms with van der Waals surface area (Å²) in [6.45, 7) is 2.10. The van der Waals surface area contributed by atoms with Gasteiger partial charge in [-0.1, -0.05) is 30.3 Å². The molecule has 0 aliphatic rings. The van der Waals surface area contributed by atoms with Crippen molar-refractivity contribution in [3.8, 4) is 21.7 Å². The maximum atomic E-state index is 6.20. The van der Waals surface area contributed by atoms with Crippen LogP contribution in [0.5, 0.6) is 0 Å². The van der Waals surface area contributed by atoms with Gasteiger partial charge in [0.25, 0.3) is 0 Å². The fourth-order valence-electron chi connectivity index (χ4n) is 2.20. The topological polar surface area (TPSA) is 43.8 Å². The molecule has 2 aromatic heterocycles. The van der Waals surface area contributed by atoms with Crippen molar-refractivity contribution in [3.63, 3.8) is 0 Å². The summed E-state index contributed by atoms with van der Waals surface area (Å²) in [5.74, 6) is 0.703. The first kappa shape index (κ1) is 12.0. The first-order valence-corrected chi connectivity index (χ1v) is 6.99. The third kappa shape index (κ3) is 1.94. The number of hydrogen-bond donors (Lipinski definition) is 1. The van der Waals surface area contributed by atoms with Gasteiger partial charge < -0.3 is 5.73 Å². The third-order valence-electron chi connectivity index (χ3n) is 3.23. The van der Waals surface area contributed by atoms with Crippen molar-refractivity contribution in [1.29, 1.82) is 0 Å². The highest BCUT2D eigenvalue weighted by atomic mass is 32.1. The van der Waals surface area contributed by atoms with Gasteiger partial charge in [0.15, 0.2) is 0 Å². The second kappa shape index (κ2) is 4.55. The average Bonchev–Trinajstić information content (AvgIpc) is 2.96. The minimum Gasteiger partial charge on any atom is -0.383 e. The minimum absolute atomic E-state index is 0.703. The Kier molecular flexibility index (Phi) is 2.87. The third-order valence-corrected chi connectivity index (χ3v) is 4.25. The molecular weight excluding hydrogens is 254 g/mol. The Morgan fingerprint density at radius 2 is 1.89 bits per heavy atom. The van der Waals surface area contributed by atoms with E-state index in [0.29, 0.717) is 5.82 Å². The van der Waals surface area contributed by atoms with Crippen molar-refractivity contribution < 1.29 is 0 Å². The molecule has 0 amide bonds. The van der Waals surface area contributed by atoms with Crippen LogP contribution in [0.25, 0.3) is 21.7 Å². The highest BCUT2D eigenvalue weighted by Crippen LogP contribution is 2.39. The molecule has 0 radical (unpaired) electrons. The molecule has 0 saturated heterocycles. The molecule has 0 unspecified atom stereocenters. The number of aryl methyl sites for hydroxylation is 2. The first-order chi connectivity index (χ1) is 9.18. The molecule has 0 aliphatic carbocycles. The van der Waals surface area contributed by atoms with Gasteiger partial charge >= 0.3 is 0 Å². The normalized spacial score (nSPS) is 10.8. The Labute approximate surface area is 116 Å². The van der Waals surface area contributed by atoms with Gasteiger partial charge in [-0.05, 0) is 29.5 Å². The molecule has 3 nitrogen and oxygen atoms in total. The Hall–Kier alpha value is -2.07. The molecule has 0 aliphatic heterocycles. The lowest BCUT2D eigenvalue weighted by Crippen LogP contribution is -1.97. The monoisotopic (exact) mass is 269 g/mol. The maximum Gasteiger partial charge on any atom is 0.129 e. The predicted octanol–water partition coefficient (Wildman–Crippen LogP) is 3.71. The lowest BCUT2D eigenvalue weighted by molar-refractivity contribution is 0.783. The van der Waals surface area contributed by atoms with Gasteiger partial charge in [0.05, 0.1) is 10.4 Å². The van der Waals surface area contributed by atoms with Gasteiger partial charge in [-0.25, -0.2) is 0 Å². The molecule has 3 rings (SSSR count). The molecule has 3 aromatic rings. The van der Waals surface area contributed by atoms with Gasteiger partial charge in [-0.15, -0.1) is 11.3 Å². The lowest BCUT2D eigenvalue weighted by Gasteiger charge is -2.03. The number of rotatable bonds is 2. The number of nitrogens with two attached hydrogens (primary N) is 1. The summed E-state index contributed by atoms with van der Waals surface area (Å²) in [7, 11) is 1.88. The van der Waals surface area contributed by atoms with E-state index >= 15 is 0 Å². The zero-order valence-electron chi connectivity index (χ0n) is 10.9. The number of benzene rings is 1. The molecule has 1 aromatic carbocycles. The summed E-state index contributed by atoms with van der Waals surface area (Å²) in [6.07, 6.45) is 0. The quantitative estimate of drug-likeness (QED) is 0.770. The lowest BCUT2D eigenvalue weighted by atomic mass is 10.0. The SMILES string of the molecule is Cc1ccsc1-c1nn(C)c(N)c1-c1ccccc1. The highest BCUT2D eigenvalue weighted by Gasteiger charge is 2.19. The van der Waals surface area contributed by atoms with Crippen molar-refractivity contribution >= 4 is 17.2 Å². The van der Waals surface area contributed by atoms with E-state index in [9.17, 15) is 0 Å². The number of hydrogen-bond acceptors (Lipinski definition) is 3. The fourth-order valence-corrected chi connectivity index (χ4v) is 3.12. The Morgan fingerprint density at radius 1 is 1.16 bits per heavy atom. The molecule has 0 atom stereocenters. The van der Waals surface area contributed by atoms with E-state index in [-0.39, 0.29) is 0 Å². The second-order valence-electron chi connectivity index (χ2n) is 4.53. The van der Waals surface area contributed by atoms with Crippen LogP contribution in [-0.4, -0.2) is 9.78 Å². The number of nitrogens with zero attached hydrogens (tertiary/aromatic N) is 2. The van der Waals surface area contributed by atoms with Crippen LogP contribution in [-0.2, 0) is 7.05 Å². The predicted molar refractivity (Wildman–Crippen MR) is 81.1 cm³/mol. The fraction of sp³-hybridized carbons (Fsp3) is 0.133. The molecule has 0 saturated carbocycles. The van der Waals surface area contributed by atoms with E-state index in [1.165, 1.54) is 10.4 Å². The van der Waals surface area contributed by atoms with Crippen molar-refractivity contribution in [1.82, 2.24) is 9.78 Å².